The molecule has 22 heavy (non-hydrogen) atoms. The van der Waals surface area contributed by atoms with Crippen molar-refractivity contribution < 1.29 is 19.1 Å². The van der Waals surface area contributed by atoms with Crippen LogP contribution in [0.5, 0.6) is 0 Å². The molecule has 0 unspecified atom stereocenters. The van der Waals surface area contributed by atoms with E-state index in [1.54, 1.807) is 26.8 Å². The van der Waals surface area contributed by atoms with Crippen molar-refractivity contribution in [3.8, 4) is 6.07 Å². The lowest BCUT2D eigenvalue weighted by molar-refractivity contribution is -0.145. The number of ether oxygens (including phenoxy) is 2. The summed E-state index contributed by atoms with van der Waals surface area (Å²) in [4.78, 5) is 26.1. The summed E-state index contributed by atoms with van der Waals surface area (Å²) in [5, 5.41) is 14.2. The molecule has 0 radical (unpaired) electrons. The molecule has 0 bridgehead atoms. The van der Waals surface area contributed by atoms with Gasteiger partial charge in [-0.1, -0.05) is 11.5 Å². The van der Waals surface area contributed by atoms with Gasteiger partial charge >= 0.3 is 12.1 Å². The fourth-order valence-corrected chi connectivity index (χ4v) is 1.48. The predicted molar refractivity (Wildman–Crippen MR) is 77.6 cm³/mol. The van der Waals surface area contributed by atoms with Crippen LogP contribution in [-0.4, -0.2) is 36.9 Å². The van der Waals surface area contributed by atoms with Crippen molar-refractivity contribution in [2.45, 2.75) is 51.7 Å². The first-order valence-corrected chi connectivity index (χ1v) is 6.84. The lowest BCUT2D eigenvalue weighted by atomic mass is 10.1. The van der Waals surface area contributed by atoms with E-state index in [1.807, 2.05) is 0 Å². The number of carbonyl (C=O) groups excluding carboxylic acids is 2. The number of nitrogens with one attached hydrogen (secondary N) is 1. The van der Waals surface area contributed by atoms with E-state index in [-0.39, 0.29) is 6.61 Å². The molecule has 0 rings (SSSR count). The van der Waals surface area contributed by atoms with E-state index < -0.39 is 23.7 Å². The van der Waals surface area contributed by atoms with Crippen LogP contribution in [0.2, 0.25) is 0 Å². The fourth-order valence-electron chi connectivity index (χ4n) is 1.48. The van der Waals surface area contributed by atoms with Crippen LogP contribution in [0, 0.1) is 11.3 Å². The van der Waals surface area contributed by atoms with Crippen LogP contribution in [0.25, 0.3) is 10.4 Å². The van der Waals surface area contributed by atoms with Gasteiger partial charge in [0.05, 0.1) is 0 Å². The topological polar surface area (TPSA) is 137 Å². The van der Waals surface area contributed by atoms with Gasteiger partial charge in [0.15, 0.2) is 6.61 Å². The molecule has 0 aromatic heterocycles. The van der Waals surface area contributed by atoms with Crippen molar-refractivity contribution in [1.29, 1.82) is 5.26 Å². The number of rotatable bonds is 8. The second-order valence-electron chi connectivity index (χ2n) is 5.41. The molecule has 0 aromatic carbocycles. The molecule has 0 fully saturated rings. The van der Waals surface area contributed by atoms with Crippen molar-refractivity contribution in [3.05, 3.63) is 10.4 Å². The Balaban J connectivity index is 4.51. The van der Waals surface area contributed by atoms with Gasteiger partial charge in [-0.05, 0) is 39.1 Å². The third kappa shape index (κ3) is 10.3. The van der Waals surface area contributed by atoms with Crippen molar-refractivity contribution in [1.82, 2.24) is 5.32 Å². The van der Waals surface area contributed by atoms with Crippen LogP contribution in [-0.2, 0) is 14.3 Å². The Hall–Kier alpha value is -2.46. The minimum absolute atomic E-state index is 0.296. The fraction of sp³-hybridized carbons (Fsp3) is 0.769. The largest absolute Gasteiger partial charge is 0.449 e. The molecule has 1 atom stereocenters. The maximum Gasteiger partial charge on any atom is 0.408 e. The van der Waals surface area contributed by atoms with Crippen LogP contribution < -0.4 is 5.32 Å². The van der Waals surface area contributed by atoms with Gasteiger partial charge in [-0.3, -0.25) is 0 Å². The summed E-state index contributed by atoms with van der Waals surface area (Å²) in [6.45, 7) is 5.04. The van der Waals surface area contributed by atoms with Gasteiger partial charge in [-0.15, -0.1) is 0 Å². The smallest absolute Gasteiger partial charge is 0.408 e. The summed E-state index contributed by atoms with van der Waals surface area (Å²) in [5.74, 6) is -0.698. The van der Waals surface area contributed by atoms with Crippen molar-refractivity contribution in [2.75, 3.05) is 13.2 Å². The second-order valence-corrected chi connectivity index (χ2v) is 5.41. The minimum Gasteiger partial charge on any atom is -0.449 e. The Morgan fingerprint density at radius 3 is 2.64 bits per heavy atom. The van der Waals surface area contributed by atoms with E-state index in [2.05, 4.69) is 15.3 Å². The van der Waals surface area contributed by atoms with Crippen molar-refractivity contribution in [2.24, 2.45) is 5.11 Å². The number of unbranched alkanes of at least 4 members (excludes halogenated alkanes) is 1. The van der Waals surface area contributed by atoms with Gasteiger partial charge in [0.25, 0.3) is 0 Å². The number of nitrogens with zero attached hydrogens (tertiary/aromatic N) is 4. The van der Waals surface area contributed by atoms with Gasteiger partial charge in [0, 0.05) is 11.5 Å². The Morgan fingerprint density at radius 1 is 1.41 bits per heavy atom. The Morgan fingerprint density at radius 2 is 2.09 bits per heavy atom. The lowest BCUT2D eigenvalue weighted by Crippen LogP contribution is -2.44. The van der Waals surface area contributed by atoms with Gasteiger partial charge in [0.1, 0.15) is 17.7 Å². The molecule has 0 aromatic rings. The van der Waals surface area contributed by atoms with Crippen LogP contribution >= 0.6 is 0 Å². The van der Waals surface area contributed by atoms with E-state index in [9.17, 15) is 9.59 Å². The molecule has 0 aliphatic heterocycles. The molecule has 0 aliphatic rings. The summed E-state index contributed by atoms with van der Waals surface area (Å²) in [6, 6.07) is 0.779. The Bertz CT molecular complexity index is 460. The first-order valence-electron chi connectivity index (χ1n) is 6.84. The third-order valence-electron chi connectivity index (χ3n) is 2.32. The van der Waals surface area contributed by atoms with E-state index in [1.165, 1.54) is 0 Å². The third-order valence-corrected chi connectivity index (χ3v) is 2.32. The molecule has 1 amide bonds. The average Bonchev–Trinajstić information content (AvgIpc) is 2.41. The van der Waals surface area contributed by atoms with Gasteiger partial charge in [-0.25, -0.2) is 9.59 Å². The monoisotopic (exact) mass is 311 g/mol. The summed E-state index contributed by atoms with van der Waals surface area (Å²) in [5.41, 5.74) is 7.48. The molecule has 1 N–H and O–H groups in total. The minimum atomic E-state index is -0.908. The number of amides is 1. The maximum absolute atomic E-state index is 11.8. The van der Waals surface area contributed by atoms with Crippen LogP contribution in [0.15, 0.2) is 5.11 Å². The molecule has 0 heterocycles. The Kier molecular flexibility index (Phi) is 9.14. The van der Waals surface area contributed by atoms with Gasteiger partial charge in [0.2, 0.25) is 0 Å². The van der Waals surface area contributed by atoms with Gasteiger partial charge < -0.3 is 14.8 Å². The number of azide groups is 1. The lowest BCUT2D eigenvalue weighted by Gasteiger charge is -2.22. The number of hydrogen-bond acceptors (Lipinski definition) is 6. The maximum atomic E-state index is 11.8. The normalized spacial score (nSPS) is 11.5. The number of alkyl carbamates (subject to hydrolysis) is 1. The Labute approximate surface area is 129 Å². The molecular formula is C13H21N5O4. The van der Waals surface area contributed by atoms with Crippen molar-refractivity contribution >= 4 is 12.1 Å². The molecule has 0 spiro atoms. The highest BCUT2D eigenvalue weighted by atomic mass is 16.6. The van der Waals surface area contributed by atoms with E-state index in [4.69, 9.17) is 20.3 Å². The number of hydrogen-bond donors (Lipinski definition) is 1. The zero-order valence-corrected chi connectivity index (χ0v) is 13.0. The highest BCUT2D eigenvalue weighted by Gasteiger charge is 2.25. The van der Waals surface area contributed by atoms with E-state index in [0.717, 1.165) is 0 Å². The molecule has 0 aliphatic carbocycles. The van der Waals surface area contributed by atoms with Crippen LogP contribution in [0.4, 0.5) is 4.79 Å². The SMILES string of the molecule is CC(C)(C)OC(=O)N[C@@H](CCCCN=[N+]=[N-])C(=O)OCC#N. The zero-order chi connectivity index (χ0) is 17.0. The summed E-state index contributed by atoms with van der Waals surface area (Å²) >= 11 is 0. The average molecular weight is 311 g/mol. The summed E-state index contributed by atoms with van der Waals surface area (Å²) in [7, 11) is 0. The van der Waals surface area contributed by atoms with Gasteiger partial charge in [-0.2, -0.15) is 5.26 Å². The number of carbonyl (C=O) groups is 2. The zero-order valence-electron chi connectivity index (χ0n) is 13.0. The molecule has 9 heteroatoms. The second kappa shape index (κ2) is 10.3. The first kappa shape index (κ1) is 19.5. The molecular weight excluding hydrogens is 290 g/mol. The molecule has 122 valence electrons. The summed E-state index contributed by atoms with van der Waals surface area (Å²) in [6.07, 6.45) is 0.676. The number of nitriles is 1. The quantitative estimate of drug-likeness (QED) is 0.241. The van der Waals surface area contributed by atoms with Crippen LogP contribution in [0.3, 0.4) is 0 Å². The number of esters is 1. The molecule has 0 saturated carbocycles. The molecule has 9 nitrogen and oxygen atoms in total. The molecule has 0 saturated heterocycles. The first-order chi connectivity index (χ1) is 10.3. The van der Waals surface area contributed by atoms with Crippen molar-refractivity contribution in [3.63, 3.8) is 0 Å². The highest BCUT2D eigenvalue weighted by Crippen LogP contribution is 2.09. The highest BCUT2D eigenvalue weighted by molar-refractivity contribution is 5.81. The van der Waals surface area contributed by atoms with Crippen LogP contribution in [0.1, 0.15) is 40.0 Å². The summed E-state index contributed by atoms with van der Waals surface area (Å²) < 4.78 is 9.79. The standard InChI is InChI=1S/C13H21N5O4/c1-13(2,3)22-12(20)17-10(11(19)21-9-7-14)6-4-5-8-16-18-15/h10H,4-6,8-9H2,1-3H3,(H,17,20)/t10-/m0/s1. The predicted octanol–water partition coefficient (Wildman–Crippen LogP) is 2.43. The van der Waals surface area contributed by atoms with E-state index >= 15 is 0 Å². The van der Waals surface area contributed by atoms with E-state index in [0.29, 0.717) is 25.8 Å².